The van der Waals surface area contributed by atoms with Crippen molar-refractivity contribution in [3.05, 3.63) is 71.8 Å². The van der Waals surface area contributed by atoms with Crippen LogP contribution in [0.5, 0.6) is 0 Å². The number of urea groups is 1. The molecule has 0 radical (unpaired) electrons. The van der Waals surface area contributed by atoms with E-state index < -0.39 is 66.8 Å². The van der Waals surface area contributed by atoms with Crippen LogP contribution in [-0.4, -0.2) is 87.4 Å². The third kappa shape index (κ3) is 8.61. The Labute approximate surface area is 242 Å². The maximum Gasteiger partial charge on any atom is 0.330 e. The maximum atomic E-state index is 13.2. The van der Waals surface area contributed by atoms with Crippen molar-refractivity contribution in [1.82, 2.24) is 20.4 Å². The van der Waals surface area contributed by atoms with Crippen molar-refractivity contribution in [2.75, 3.05) is 19.6 Å². The molecule has 13 heteroatoms. The largest absolute Gasteiger partial charge is 0.481 e. The Morgan fingerprint density at radius 2 is 1.55 bits per heavy atom. The lowest BCUT2D eigenvalue weighted by molar-refractivity contribution is -0.143. The van der Waals surface area contributed by atoms with E-state index in [0.717, 1.165) is 10.5 Å². The number of amides is 5. The van der Waals surface area contributed by atoms with Crippen LogP contribution in [-0.2, 0) is 30.4 Å². The molecule has 6 N–H and O–H groups in total. The second-order valence-corrected chi connectivity index (χ2v) is 9.84. The molecule has 1 saturated heterocycles. The van der Waals surface area contributed by atoms with Gasteiger partial charge in [0.25, 0.3) is 5.91 Å². The number of carboxylic acids is 2. The zero-order valence-corrected chi connectivity index (χ0v) is 23.0. The summed E-state index contributed by atoms with van der Waals surface area (Å²) in [6.45, 7) is -0.161. The molecule has 0 aliphatic carbocycles. The number of aryl methyl sites for hydroxylation is 1. The average Bonchev–Trinajstić information content (AvgIpc) is 3.18. The molecule has 1 aliphatic heterocycles. The van der Waals surface area contributed by atoms with Crippen LogP contribution < -0.4 is 16.4 Å². The SMILES string of the molecule is NCCC[C@H]1C(=O)N(CC(=O)N[C@@H](CC(=O)O)C(=O)N[C@H](C(=O)O)c2ccccc2)C(=O)N1CCCc1ccccc1. The highest BCUT2D eigenvalue weighted by Crippen LogP contribution is 2.22. The van der Waals surface area contributed by atoms with Crippen molar-refractivity contribution >= 4 is 35.7 Å². The lowest BCUT2D eigenvalue weighted by Gasteiger charge is -2.22. The second-order valence-electron chi connectivity index (χ2n) is 9.84. The van der Waals surface area contributed by atoms with Crippen LogP contribution in [0.2, 0.25) is 0 Å². The lowest BCUT2D eigenvalue weighted by Crippen LogP contribution is -2.52. The van der Waals surface area contributed by atoms with Crippen LogP contribution in [0.3, 0.4) is 0 Å². The summed E-state index contributed by atoms with van der Waals surface area (Å²) in [7, 11) is 0. The molecular formula is C29H35N5O8. The van der Waals surface area contributed by atoms with Gasteiger partial charge in [0.15, 0.2) is 6.04 Å². The fourth-order valence-corrected chi connectivity index (χ4v) is 4.73. The third-order valence-corrected chi connectivity index (χ3v) is 6.79. The Bertz CT molecular complexity index is 1270. The van der Waals surface area contributed by atoms with Crippen molar-refractivity contribution in [3.63, 3.8) is 0 Å². The third-order valence-electron chi connectivity index (χ3n) is 6.79. The molecule has 1 aliphatic rings. The first-order valence-corrected chi connectivity index (χ1v) is 13.6. The van der Waals surface area contributed by atoms with Gasteiger partial charge in [-0.1, -0.05) is 60.7 Å². The summed E-state index contributed by atoms with van der Waals surface area (Å²) in [6, 6.07) is 12.8. The van der Waals surface area contributed by atoms with Crippen LogP contribution in [0, 0.1) is 0 Å². The summed E-state index contributed by atoms with van der Waals surface area (Å²) in [6.07, 6.45) is 1.19. The van der Waals surface area contributed by atoms with Gasteiger partial charge in [0, 0.05) is 6.54 Å². The van der Waals surface area contributed by atoms with Gasteiger partial charge in [0.2, 0.25) is 11.8 Å². The molecule has 0 spiro atoms. The monoisotopic (exact) mass is 581 g/mol. The summed E-state index contributed by atoms with van der Waals surface area (Å²) in [5.74, 6) is -5.41. The minimum atomic E-state index is -1.66. The minimum Gasteiger partial charge on any atom is -0.481 e. The van der Waals surface area contributed by atoms with Crippen LogP contribution in [0.25, 0.3) is 0 Å². The van der Waals surface area contributed by atoms with E-state index in [4.69, 9.17) is 5.73 Å². The number of rotatable bonds is 16. The molecule has 1 fully saturated rings. The molecule has 3 rings (SSSR count). The predicted molar refractivity (Wildman–Crippen MR) is 150 cm³/mol. The minimum absolute atomic E-state index is 0.239. The molecule has 0 unspecified atom stereocenters. The topological polar surface area (TPSA) is 199 Å². The van der Waals surface area contributed by atoms with E-state index in [0.29, 0.717) is 32.2 Å². The number of nitrogens with one attached hydrogen (secondary N) is 2. The molecule has 13 nitrogen and oxygen atoms in total. The number of carboxylic acid groups (broad SMARTS) is 2. The van der Waals surface area contributed by atoms with E-state index in [1.54, 1.807) is 18.2 Å². The van der Waals surface area contributed by atoms with E-state index in [1.165, 1.54) is 17.0 Å². The number of nitrogens with two attached hydrogens (primary N) is 1. The molecule has 1 heterocycles. The van der Waals surface area contributed by atoms with E-state index >= 15 is 0 Å². The van der Waals surface area contributed by atoms with Crippen molar-refractivity contribution < 1.29 is 39.0 Å². The van der Waals surface area contributed by atoms with Gasteiger partial charge in [0.05, 0.1) is 6.42 Å². The lowest BCUT2D eigenvalue weighted by atomic mass is 10.1. The van der Waals surface area contributed by atoms with Crippen molar-refractivity contribution in [1.29, 1.82) is 0 Å². The van der Waals surface area contributed by atoms with Gasteiger partial charge in [-0.15, -0.1) is 0 Å². The first-order chi connectivity index (χ1) is 20.1. The number of carbonyl (C=O) groups is 6. The van der Waals surface area contributed by atoms with E-state index in [-0.39, 0.29) is 12.1 Å². The van der Waals surface area contributed by atoms with Crippen LogP contribution in [0.1, 0.15) is 42.9 Å². The van der Waals surface area contributed by atoms with Gasteiger partial charge in [0.1, 0.15) is 18.6 Å². The number of carbonyl (C=O) groups excluding carboxylic acids is 4. The fraction of sp³-hybridized carbons (Fsp3) is 0.379. The molecule has 3 atom stereocenters. The number of hydrogen-bond donors (Lipinski definition) is 5. The first-order valence-electron chi connectivity index (χ1n) is 13.6. The van der Waals surface area contributed by atoms with E-state index in [2.05, 4.69) is 10.6 Å². The normalized spacial score (nSPS) is 16.2. The zero-order chi connectivity index (χ0) is 30.6. The number of imide groups is 1. The molecule has 224 valence electrons. The summed E-state index contributed by atoms with van der Waals surface area (Å²) >= 11 is 0. The fourth-order valence-electron chi connectivity index (χ4n) is 4.73. The summed E-state index contributed by atoms with van der Waals surface area (Å²) in [4.78, 5) is 77.6. The Morgan fingerprint density at radius 3 is 2.14 bits per heavy atom. The van der Waals surface area contributed by atoms with Crippen molar-refractivity contribution in [3.8, 4) is 0 Å². The summed E-state index contributed by atoms with van der Waals surface area (Å²) in [5, 5.41) is 23.4. The van der Waals surface area contributed by atoms with Gasteiger partial charge in [-0.2, -0.15) is 0 Å². The zero-order valence-electron chi connectivity index (χ0n) is 23.0. The van der Waals surface area contributed by atoms with Crippen molar-refractivity contribution in [2.24, 2.45) is 5.73 Å². The van der Waals surface area contributed by atoms with Gasteiger partial charge in [-0.05, 0) is 43.4 Å². The molecule has 0 saturated carbocycles. The molecule has 0 aromatic heterocycles. The number of nitrogens with zero attached hydrogens (tertiary/aromatic N) is 2. The molecule has 42 heavy (non-hydrogen) atoms. The quantitative estimate of drug-likeness (QED) is 0.179. The average molecular weight is 582 g/mol. The molecule has 5 amide bonds. The van der Waals surface area contributed by atoms with E-state index in [9.17, 15) is 39.0 Å². The Hall–Kier alpha value is -4.78. The van der Waals surface area contributed by atoms with Crippen LogP contribution in [0.4, 0.5) is 4.79 Å². The first kappa shape index (κ1) is 31.7. The standard InChI is InChI=1S/C29H35N5O8/c30-15-7-14-22-27(39)34(29(42)33(22)16-8-11-19-9-3-1-4-10-19)18-23(35)31-21(17-24(36)37)26(38)32-25(28(40)41)20-12-5-2-6-13-20/h1-6,9-10,12-13,21-22,25H,7-8,11,14-18,30H2,(H,31,35)(H,32,38)(H,36,37)(H,40,41)/t21-,22-,25-/m0/s1. The van der Waals surface area contributed by atoms with Gasteiger partial charge >= 0.3 is 18.0 Å². The summed E-state index contributed by atoms with van der Waals surface area (Å²) in [5.41, 5.74) is 6.93. The second kappa shape index (κ2) is 15.3. The van der Waals surface area contributed by atoms with Crippen LogP contribution in [0.15, 0.2) is 60.7 Å². The van der Waals surface area contributed by atoms with Crippen LogP contribution >= 0.6 is 0 Å². The Balaban J connectivity index is 1.68. The highest BCUT2D eigenvalue weighted by atomic mass is 16.4. The smallest absolute Gasteiger partial charge is 0.330 e. The molecule has 0 bridgehead atoms. The number of hydrogen-bond acceptors (Lipinski definition) is 7. The highest BCUT2D eigenvalue weighted by Gasteiger charge is 2.45. The highest BCUT2D eigenvalue weighted by molar-refractivity contribution is 6.06. The van der Waals surface area contributed by atoms with Crippen molar-refractivity contribution in [2.45, 2.75) is 50.2 Å². The number of aliphatic carboxylic acids is 2. The van der Waals surface area contributed by atoms with Gasteiger partial charge in [-0.25, -0.2) is 9.59 Å². The predicted octanol–water partition coefficient (Wildman–Crippen LogP) is 0.893. The Morgan fingerprint density at radius 1 is 0.905 bits per heavy atom. The maximum absolute atomic E-state index is 13.2. The molecular weight excluding hydrogens is 546 g/mol. The van der Waals surface area contributed by atoms with Gasteiger partial charge in [-0.3, -0.25) is 24.1 Å². The van der Waals surface area contributed by atoms with E-state index in [1.807, 2.05) is 30.3 Å². The molecule has 2 aromatic carbocycles. The Kier molecular flexibility index (Phi) is 11.6. The molecule has 2 aromatic rings. The van der Waals surface area contributed by atoms with Gasteiger partial charge < -0.3 is 31.5 Å². The number of benzene rings is 2. The summed E-state index contributed by atoms with van der Waals surface area (Å²) < 4.78 is 0.